The van der Waals surface area contributed by atoms with Gasteiger partial charge in [-0.15, -0.1) is 0 Å². The minimum Gasteiger partial charge on any atom is -0.480 e. The fourth-order valence-corrected chi connectivity index (χ4v) is 6.71. The van der Waals surface area contributed by atoms with Crippen molar-refractivity contribution < 1.29 is 19.5 Å². The highest BCUT2D eigenvalue weighted by molar-refractivity contribution is 6.01. The Morgan fingerprint density at radius 2 is 1.35 bits per heavy atom. The van der Waals surface area contributed by atoms with Crippen LogP contribution in [0.3, 0.4) is 0 Å². The second kappa shape index (κ2) is 11.0. The largest absolute Gasteiger partial charge is 0.480 e. The predicted octanol–water partition coefficient (Wildman–Crippen LogP) is 5.55. The van der Waals surface area contributed by atoms with Gasteiger partial charge in [0.15, 0.2) is 6.04 Å². The van der Waals surface area contributed by atoms with Gasteiger partial charge in [0.1, 0.15) is 0 Å². The number of amides is 4. The number of carbonyl (C=O) groups is 3. The summed E-state index contributed by atoms with van der Waals surface area (Å²) in [5.74, 6) is -0.821. The summed E-state index contributed by atoms with van der Waals surface area (Å²) in [6.07, 6.45) is 3.17. The molecular weight excluding hydrogens is 504 g/mol. The average Bonchev–Trinajstić information content (AvgIpc) is 3.30. The number of nitrogens with zero attached hydrogens (tertiary/aromatic N) is 4. The predicted molar refractivity (Wildman–Crippen MR) is 153 cm³/mol. The van der Waals surface area contributed by atoms with E-state index in [1.165, 1.54) is 10.5 Å². The normalized spacial score (nSPS) is 24.1. The van der Waals surface area contributed by atoms with Crippen LogP contribution in [0.15, 0.2) is 91.0 Å². The summed E-state index contributed by atoms with van der Waals surface area (Å²) >= 11 is 0. The number of rotatable bonds is 4. The fourth-order valence-electron chi connectivity index (χ4n) is 6.71. The number of carbonyl (C=O) groups excluding carboxylic acids is 2. The summed E-state index contributed by atoms with van der Waals surface area (Å²) in [4.78, 5) is 47.6. The summed E-state index contributed by atoms with van der Waals surface area (Å²) in [7, 11) is 0. The molecule has 8 nitrogen and oxygen atoms in total. The van der Waals surface area contributed by atoms with Crippen molar-refractivity contribution in [1.29, 1.82) is 0 Å². The van der Waals surface area contributed by atoms with Crippen LogP contribution in [0.4, 0.5) is 21.0 Å². The number of anilines is 2. The van der Waals surface area contributed by atoms with Crippen LogP contribution in [0.2, 0.25) is 0 Å². The van der Waals surface area contributed by atoms with Crippen LogP contribution in [0, 0.1) is 0 Å². The van der Waals surface area contributed by atoms with E-state index in [2.05, 4.69) is 12.1 Å². The van der Waals surface area contributed by atoms with Crippen molar-refractivity contribution >= 4 is 29.4 Å². The van der Waals surface area contributed by atoms with Gasteiger partial charge in [-0.1, -0.05) is 66.7 Å². The first-order valence-electron chi connectivity index (χ1n) is 14.1. The SMILES string of the molecule is O=C(O)[C@@H]1[C@H]2CC[C@@H](CN1C(=O)N(c1ccccc1)c1ccccc1)N2C(=O)N1CCCC(c2ccccc2)C1. The maximum atomic E-state index is 14.2. The van der Waals surface area contributed by atoms with E-state index in [4.69, 9.17) is 0 Å². The van der Waals surface area contributed by atoms with Gasteiger partial charge >= 0.3 is 18.0 Å². The first-order valence-corrected chi connectivity index (χ1v) is 14.1. The molecule has 4 amide bonds. The number of carboxylic acids is 1. The summed E-state index contributed by atoms with van der Waals surface area (Å²) in [6, 6.07) is 26.4. The van der Waals surface area contributed by atoms with Gasteiger partial charge in [-0.25, -0.2) is 14.4 Å². The molecular formula is C32H34N4O4. The van der Waals surface area contributed by atoms with Gasteiger partial charge in [0.2, 0.25) is 0 Å². The molecule has 3 aliphatic rings. The summed E-state index contributed by atoms with van der Waals surface area (Å²) in [6.45, 7) is 1.47. The van der Waals surface area contributed by atoms with E-state index in [0.717, 1.165) is 12.8 Å². The van der Waals surface area contributed by atoms with E-state index in [-0.39, 0.29) is 24.5 Å². The van der Waals surface area contributed by atoms with Crippen molar-refractivity contribution in [3.05, 3.63) is 96.6 Å². The van der Waals surface area contributed by atoms with Crippen LogP contribution < -0.4 is 4.90 Å². The molecule has 8 heteroatoms. The molecule has 3 saturated heterocycles. The number of piperidine rings is 1. The Hall–Kier alpha value is -4.33. The number of para-hydroxylation sites is 2. The van der Waals surface area contributed by atoms with Crippen molar-refractivity contribution in [1.82, 2.24) is 14.7 Å². The number of hydrogen-bond acceptors (Lipinski definition) is 3. The number of likely N-dealkylation sites (tertiary alicyclic amines) is 2. The molecule has 1 unspecified atom stereocenters. The van der Waals surface area contributed by atoms with E-state index in [0.29, 0.717) is 37.3 Å². The van der Waals surface area contributed by atoms with Crippen LogP contribution >= 0.6 is 0 Å². The first kappa shape index (κ1) is 25.9. The third kappa shape index (κ3) is 4.78. The smallest absolute Gasteiger partial charge is 0.329 e. The Kier molecular flexibility index (Phi) is 7.15. The van der Waals surface area contributed by atoms with Crippen molar-refractivity contribution in [3.63, 3.8) is 0 Å². The number of hydrogen-bond donors (Lipinski definition) is 1. The van der Waals surface area contributed by atoms with Gasteiger partial charge in [-0.3, -0.25) is 4.90 Å². The second-order valence-electron chi connectivity index (χ2n) is 10.9. The van der Waals surface area contributed by atoms with E-state index in [1.807, 2.05) is 83.8 Å². The Labute approximate surface area is 234 Å². The lowest BCUT2D eigenvalue weighted by Crippen LogP contribution is -2.67. The number of carboxylic acid groups (broad SMARTS) is 1. The molecule has 4 atom stereocenters. The molecule has 0 aliphatic carbocycles. The van der Waals surface area contributed by atoms with E-state index < -0.39 is 24.1 Å². The molecule has 6 rings (SSSR count). The highest BCUT2D eigenvalue weighted by Crippen LogP contribution is 2.38. The standard InChI is InChI=1S/C32H34N4O4/c37-30(38)29-28-19-18-27(36(28)31(39)33-20-10-13-24(21-33)23-11-4-1-5-12-23)22-34(29)32(40)35(25-14-6-2-7-15-25)26-16-8-3-9-17-26/h1-9,11-12,14-17,24,27-29H,10,13,18-22H2,(H,37,38)/t24?,27-,28+,29-/m0/s1. The number of urea groups is 2. The van der Waals surface area contributed by atoms with Crippen molar-refractivity contribution in [2.45, 2.75) is 49.7 Å². The minimum atomic E-state index is -1.13. The van der Waals surface area contributed by atoms with Crippen LogP contribution in [0.1, 0.15) is 37.2 Å². The summed E-state index contributed by atoms with van der Waals surface area (Å²) in [5.41, 5.74) is 2.55. The second-order valence-corrected chi connectivity index (χ2v) is 10.9. The quantitative estimate of drug-likeness (QED) is 0.472. The highest BCUT2D eigenvalue weighted by Gasteiger charge is 2.54. The van der Waals surface area contributed by atoms with Crippen LogP contribution in [-0.2, 0) is 4.79 Å². The van der Waals surface area contributed by atoms with E-state index >= 15 is 0 Å². The van der Waals surface area contributed by atoms with E-state index in [1.54, 1.807) is 9.80 Å². The van der Waals surface area contributed by atoms with Crippen molar-refractivity contribution in [2.24, 2.45) is 0 Å². The third-order valence-corrected chi connectivity index (χ3v) is 8.56. The lowest BCUT2D eigenvalue weighted by atomic mass is 9.91. The molecule has 0 radical (unpaired) electrons. The van der Waals surface area contributed by atoms with Gasteiger partial charge in [0.05, 0.1) is 23.5 Å². The highest BCUT2D eigenvalue weighted by atomic mass is 16.4. The molecule has 2 bridgehead atoms. The van der Waals surface area contributed by atoms with Crippen LogP contribution in [-0.4, -0.2) is 75.6 Å². The van der Waals surface area contributed by atoms with Gasteiger partial charge < -0.3 is 19.8 Å². The third-order valence-electron chi connectivity index (χ3n) is 8.56. The summed E-state index contributed by atoms with van der Waals surface area (Å²) < 4.78 is 0. The maximum absolute atomic E-state index is 14.2. The van der Waals surface area contributed by atoms with Gasteiger partial charge in [0.25, 0.3) is 0 Å². The van der Waals surface area contributed by atoms with Gasteiger partial charge in [0, 0.05) is 25.6 Å². The molecule has 0 saturated carbocycles. The Bertz CT molecular complexity index is 1310. The minimum absolute atomic E-state index is 0.102. The molecule has 40 heavy (non-hydrogen) atoms. The molecule has 1 N–H and O–H groups in total. The Morgan fingerprint density at radius 1 is 0.750 bits per heavy atom. The zero-order valence-corrected chi connectivity index (χ0v) is 22.4. The Morgan fingerprint density at radius 3 is 1.95 bits per heavy atom. The van der Waals surface area contributed by atoms with Gasteiger partial charge in [-0.05, 0) is 55.5 Å². The van der Waals surface area contributed by atoms with Crippen LogP contribution in [0.5, 0.6) is 0 Å². The zero-order chi connectivity index (χ0) is 27.6. The molecule has 3 heterocycles. The molecule has 3 fully saturated rings. The summed E-state index contributed by atoms with van der Waals surface area (Å²) in [5, 5.41) is 10.4. The number of fused-ring (bicyclic) bond motifs is 2. The number of benzene rings is 3. The topological polar surface area (TPSA) is 84.4 Å². The maximum Gasteiger partial charge on any atom is 0.329 e. The monoisotopic (exact) mass is 538 g/mol. The first-order chi connectivity index (χ1) is 19.5. The lowest BCUT2D eigenvalue weighted by molar-refractivity contribution is -0.145. The lowest BCUT2D eigenvalue weighted by Gasteiger charge is -2.48. The fraction of sp³-hybridized carbons (Fsp3) is 0.344. The molecule has 3 aromatic carbocycles. The van der Waals surface area contributed by atoms with E-state index in [9.17, 15) is 19.5 Å². The molecule has 206 valence electrons. The molecule has 0 aromatic heterocycles. The molecule has 3 aliphatic heterocycles. The zero-order valence-electron chi connectivity index (χ0n) is 22.4. The van der Waals surface area contributed by atoms with Crippen molar-refractivity contribution in [3.8, 4) is 0 Å². The molecule has 0 spiro atoms. The van der Waals surface area contributed by atoms with Crippen LogP contribution in [0.25, 0.3) is 0 Å². The van der Waals surface area contributed by atoms with Crippen molar-refractivity contribution in [2.75, 3.05) is 24.5 Å². The average molecular weight is 539 g/mol. The number of aliphatic carboxylic acids is 1. The Balaban J connectivity index is 1.27. The number of piperazine rings is 1. The molecule has 3 aromatic rings. The van der Waals surface area contributed by atoms with Gasteiger partial charge in [-0.2, -0.15) is 0 Å².